The van der Waals surface area contributed by atoms with Crippen LogP contribution in [-0.4, -0.2) is 70.3 Å². The molecule has 1 fully saturated rings. The predicted molar refractivity (Wildman–Crippen MR) is 128 cm³/mol. The Morgan fingerprint density at radius 2 is 1.88 bits per heavy atom. The van der Waals surface area contributed by atoms with Gasteiger partial charge in [-0.15, -0.1) is 0 Å². The van der Waals surface area contributed by atoms with Crippen molar-refractivity contribution >= 4 is 17.6 Å². The van der Waals surface area contributed by atoms with Gasteiger partial charge in [-0.25, -0.2) is 9.97 Å². The van der Waals surface area contributed by atoms with Crippen molar-refractivity contribution in [2.45, 2.75) is 45.7 Å². The first-order valence-corrected chi connectivity index (χ1v) is 11.9. The Morgan fingerprint density at radius 3 is 2.64 bits per heavy atom. The van der Waals surface area contributed by atoms with Crippen LogP contribution in [0.4, 0.5) is 5.82 Å². The first-order valence-electron chi connectivity index (χ1n) is 11.9. The van der Waals surface area contributed by atoms with Crippen LogP contribution < -0.4 is 10.6 Å². The number of piperidine rings is 1. The lowest BCUT2D eigenvalue weighted by Gasteiger charge is -2.32. The van der Waals surface area contributed by atoms with Gasteiger partial charge in [0.15, 0.2) is 0 Å². The number of anilines is 1. The highest BCUT2D eigenvalue weighted by Gasteiger charge is 2.22. The molecule has 0 bridgehead atoms. The van der Waals surface area contributed by atoms with Crippen molar-refractivity contribution in [2.24, 2.45) is 5.92 Å². The van der Waals surface area contributed by atoms with Gasteiger partial charge >= 0.3 is 0 Å². The monoisotopic (exact) mass is 450 g/mol. The van der Waals surface area contributed by atoms with Crippen molar-refractivity contribution < 1.29 is 9.59 Å². The number of aromatic nitrogens is 2. The number of carbonyl (C=O) groups excluding carboxylic acids is 2. The second kappa shape index (κ2) is 10.7. The maximum atomic E-state index is 12.7. The summed E-state index contributed by atoms with van der Waals surface area (Å²) in [6.07, 6.45) is 4.24. The number of fused-ring (bicyclic) bond motifs is 1. The second-order valence-corrected chi connectivity index (χ2v) is 9.28. The summed E-state index contributed by atoms with van der Waals surface area (Å²) in [6, 6.07) is 10.6. The fourth-order valence-electron chi connectivity index (χ4n) is 4.68. The molecule has 3 heterocycles. The molecule has 0 aliphatic carbocycles. The van der Waals surface area contributed by atoms with Gasteiger partial charge in [0.2, 0.25) is 5.91 Å². The highest BCUT2D eigenvalue weighted by molar-refractivity contribution is 5.92. The summed E-state index contributed by atoms with van der Waals surface area (Å²) in [6.45, 7) is 8.84. The zero-order chi connectivity index (χ0) is 23.2. The van der Waals surface area contributed by atoms with E-state index in [4.69, 9.17) is 0 Å². The smallest absolute Gasteiger partial charge is 0.270 e. The summed E-state index contributed by atoms with van der Waals surface area (Å²) in [7, 11) is 0. The van der Waals surface area contributed by atoms with E-state index in [0.29, 0.717) is 24.0 Å². The zero-order valence-corrected chi connectivity index (χ0v) is 19.6. The maximum absolute atomic E-state index is 12.7. The topological polar surface area (TPSA) is 90.5 Å². The molecule has 1 atom stereocenters. The largest absolute Gasteiger partial charge is 0.367 e. The van der Waals surface area contributed by atoms with Gasteiger partial charge in [0.25, 0.3) is 5.91 Å². The Bertz CT molecular complexity index is 973. The lowest BCUT2D eigenvalue weighted by atomic mass is 9.99. The number of nitrogens with one attached hydrogen (secondary N) is 2. The molecule has 1 aromatic heterocycles. The highest BCUT2D eigenvalue weighted by Crippen LogP contribution is 2.19. The van der Waals surface area contributed by atoms with Crippen molar-refractivity contribution in [1.82, 2.24) is 25.1 Å². The summed E-state index contributed by atoms with van der Waals surface area (Å²) >= 11 is 0. The lowest BCUT2D eigenvalue weighted by Crippen LogP contribution is -2.41. The van der Waals surface area contributed by atoms with E-state index in [1.54, 1.807) is 13.0 Å². The number of benzene rings is 1. The normalized spacial score (nSPS) is 17.8. The second-order valence-electron chi connectivity index (χ2n) is 9.28. The third-order valence-electron chi connectivity index (χ3n) is 6.58. The zero-order valence-electron chi connectivity index (χ0n) is 19.6. The van der Waals surface area contributed by atoms with Crippen molar-refractivity contribution in [3.05, 3.63) is 53.5 Å². The van der Waals surface area contributed by atoms with Gasteiger partial charge in [0, 0.05) is 58.3 Å². The summed E-state index contributed by atoms with van der Waals surface area (Å²) in [5, 5.41) is 6.42. The predicted octanol–water partition coefficient (Wildman–Crippen LogP) is 2.32. The summed E-state index contributed by atoms with van der Waals surface area (Å²) in [4.78, 5) is 36.9. The molecular formula is C25H34N6O2. The molecule has 2 aromatic rings. The van der Waals surface area contributed by atoms with Crippen LogP contribution in [-0.2, 0) is 17.8 Å². The molecule has 4 rings (SSSR count). The molecule has 8 heteroatoms. The fourth-order valence-corrected chi connectivity index (χ4v) is 4.68. The standard InChI is InChI=1S/C25H34N6O2/c1-18(15-30-10-7-20-5-3-4-6-21(20)16-30)14-26-25(33)23-13-24(28-17-27-23)29-22-8-11-31(12-9-22)19(2)32/h3-6,13,17-18,22H,7-12,14-16H2,1-2H3,(H,26,33)(H,27,28,29). The Kier molecular flexibility index (Phi) is 7.54. The molecule has 1 saturated heterocycles. The number of hydrogen-bond acceptors (Lipinski definition) is 6. The van der Waals surface area contributed by atoms with Crippen LogP contribution in [0.3, 0.4) is 0 Å². The molecule has 8 nitrogen and oxygen atoms in total. The molecule has 33 heavy (non-hydrogen) atoms. The molecule has 176 valence electrons. The first-order chi connectivity index (χ1) is 16.0. The van der Waals surface area contributed by atoms with Crippen molar-refractivity contribution in [1.29, 1.82) is 0 Å². The van der Waals surface area contributed by atoms with Gasteiger partial charge in [-0.1, -0.05) is 31.2 Å². The van der Waals surface area contributed by atoms with Gasteiger partial charge in [-0.2, -0.15) is 0 Å². The number of likely N-dealkylation sites (tertiary alicyclic amines) is 1. The van der Waals surface area contributed by atoms with E-state index in [1.807, 2.05) is 4.90 Å². The maximum Gasteiger partial charge on any atom is 0.270 e. The third kappa shape index (κ3) is 6.28. The Hall–Kier alpha value is -3.00. The van der Waals surface area contributed by atoms with E-state index in [2.05, 4.69) is 56.7 Å². The summed E-state index contributed by atoms with van der Waals surface area (Å²) in [5.41, 5.74) is 3.23. The fraction of sp³-hybridized carbons (Fsp3) is 0.520. The van der Waals surface area contributed by atoms with Gasteiger partial charge in [-0.05, 0) is 36.3 Å². The van der Waals surface area contributed by atoms with Gasteiger partial charge in [0.1, 0.15) is 17.8 Å². The van der Waals surface area contributed by atoms with E-state index in [1.165, 1.54) is 17.5 Å². The molecule has 1 unspecified atom stereocenters. The van der Waals surface area contributed by atoms with Gasteiger partial charge in [-0.3, -0.25) is 14.5 Å². The Morgan fingerprint density at radius 1 is 1.12 bits per heavy atom. The number of nitrogens with zero attached hydrogens (tertiary/aromatic N) is 4. The summed E-state index contributed by atoms with van der Waals surface area (Å²) < 4.78 is 0. The average Bonchev–Trinajstić information content (AvgIpc) is 2.83. The number of hydrogen-bond donors (Lipinski definition) is 2. The number of carbonyl (C=O) groups is 2. The first kappa shape index (κ1) is 23.2. The molecule has 1 aromatic carbocycles. The van der Waals surface area contributed by atoms with Crippen molar-refractivity contribution in [2.75, 3.05) is 38.0 Å². The van der Waals surface area contributed by atoms with Crippen LogP contribution in [0.1, 0.15) is 48.3 Å². The Labute approximate surface area is 195 Å². The molecule has 2 N–H and O–H groups in total. The van der Waals surface area contributed by atoms with E-state index < -0.39 is 0 Å². The van der Waals surface area contributed by atoms with Crippen LogP contribution in [0.2, 0.25) is 0 Å². The minimum absolute atomic E-state index is 0.119. The van der Waals surface area contributed by atoms with Crippen LogP contribution >= 0.6 is 0 Å². The van der Waals surface area contributed by atoms with Crippen molar-refractivity contribution in [3.8, 4) is 0 Å². The quantitative estimate of drug-likeness (QED) is 0.673. The Balaban J connectivity index is 1.23. The van der Waals surface area contributed by atoms with Crippen molar-refractivity contribution in [3.63, 3.8) is 0 Å². The molecule has 2 aliphatic heterocycles. The van der Waals surface area contributed by atoms with E-state index in [-0.39, 0.29) is 17.9 Å². The summed E-state index contributed by atoms with van der Waals surface area (Å²) in [5.74, 6) is 0.929. The molecule has 0 saturated carbocycles. The molecule has 2 aliphatic rings. The van der Waals surface area contributed by atoms with Crippen LogP contribution in [0.15, 0.2) is 36.7 Å². The van der Waals surface area contributed by atoms with Gasteiger partial charge in [0.05, 0.1) is 0 Å². The van der Waals surface area contributed by atoms with Crippen LogP contribution in [0.5, 0.6) is 0 Å². The third-order valence-corrected chi connectivity index (χ3v) is 6.58. The molecule has 2 amide bonds. The van der Waals surface area contributed by atoms with Crippen LogP contribution in [0, 0.1) is 5.92 Å². The van der Waals surface area contributed by atoms with Gasteiger partial charge < -0.3 is 15.5 Å². The van der Waals surface area contributed by atoms with E-state index >= 15 is 0 Å². The average molecular weight is 451 g/mol. The minimum atomic E-state index is -0.178. The SMILES string of the molecule is CC(=O)N1CCC(Nc2cc(C(=O)NCC(C)CN3CCc4ccccc4C3)ncn2)CC1. The number of rotatable bonds is 7. The van der Waals surface area contributed by atoms with Crippen LogP contribution in [0.25, 0.3) is 0 Å². The van der Waals surface area contributed by atoms with E-state index in [0.717, 1.165) is 52.0 Å². The lowest BCUT2D eigenvalue weighted by molar-refractivity contribution is -0.129. The van der Waals surface area contributed by atoms with E-state index in [9.17, 15) is 9.59 Å². The molecular weight excluding hydrogens is 416 g/mol. The molecule has 0 spiro atoms. The minimum Gasteiger partial charge on any atom is -0.367 e. The molecule has 0 radical (unpaired) electrons. The number of amides is 2. The highest BCUT2D eigenvalue weighted by atomic mass is 16.2.